The SMILES string of the molecule is CC1CCN(S(=O)(=O)NC(CCl)c2ccccc2)CC1. The maximum atomic E-state index is 12.4. The summed E-state index contributed by atoms with van der Waals surface area (Å²) in [5.41, 5.74) is 0.886. The van der Waals surface area contributed by atoms with Crippen molar-refractivity contribution in [3.8, 4) is 0 Å². The van der Waals surface area contributed by atoms with Gasteiger partial charge in [-0.05, 0) is 24.3 Å². The number of benzene rings is 1. The van der Waals surface area contributed by atoms with Crippen molar-refractivity contribution in [1.29, 1.82) is 0 Å². The summed E-state index contributed by atoms with van der Waals surface area (Å²) in [6.07, 6.45) is 1.83. The second-order valence-corrected chi connectivity index (χ2v) is 7.33. The van der Waals surface area contributed by atoms with Gasteiger partial charge in [-0.25, -0.2) is 0 Å². The molecule has 1 N–H and O–H groups in total. The minimum atomic E-state index is -3.47. The average Bonchev–Trinajstić information content (AvgIpc) is 2.46. The topological polar surface area (TPSA) is 49.4 Å². The Balaban J connectivity index is 2.06. The molecule has 0 aromatic heterocycles. The largest absolute Gasteiger partial charge is 0.280 e. The molecule has 1 aromatic carbocycles. The van der Waals surface area contributed by atoms with Gasteiger partial charge >= 0.3 is 0 Å². The third-order valence-corrected chi connectivity index (χ3v) is 5.67. The molecule has 1 atom stereocenters. The highest BCUT2D eigenvalue weighted by Gasteiger charge is 2.28. The van der Waals surface area contributed by atoms with Crippen LogP contribution in [0.5, 0.6) is 0 Å². The first kappa shape index (κ1) is 15.8. The summed E-state index contributed by atoms with van der Waals surface area (Å²) in [5, 5.41) is 0. The first-order valence-corrected chi connectivity index (χ1v) is 8.88. The van der Waals surface area contributed by atoms with Gasteiger partial charge in [-0.15, -0.1) is 11.6 Å². The van der Waals surface area contributed by atoms with Crippen molar-refractivity contribution in [2.75, 3.05) is 19.0 Å². The molecule has 2 rings (SSSR count). The van der Waals surface area contributed by atoms with Crippen LogP contribution >= 0.6 is 11.6 Å². The van der Waals surface area contributed by atoms with Crippen molar-refractivity contribution < 1.29 is 8.42 Å². The third kappa shape index (κ3) is 3.95. The Morgan fingerprint density at radius 3 is 2.45 bits per heavy atom. The molecule has 6 heteroatoms. The van der Waals surface area contributed by atoms with E-state index in [0.717, 1.165) is 18.4 Å². The first-order chi connectivity index (χ1) is 9.53. The van der Waals surface area contributed by atoms with Crippen LogP contribution in [0.4, 0.5) is 0 Å². The van der Waals surface area contributed by atoms with E-state index in [0.29, 0.717) is 19.0 Å². The van der Waals surface area contributed by atoms with E-state index in [2.05, 4.69) is 11.6 Å². The molecule has 1 aliphatic heterocycles. The minimum absolute atomic E-state index is 0.216. The fourth-order valence-corrected chi connectivity index (χ4v) is 4.12. The Morgan fingerprint density at radius 1 is 1.30 bits per heavy atom. The van der Waals surface area contributed by atoms with Gasteiger partial charge < -0.3 is 0 Å². The smallest absolute Gasteiger partial charge is 0.195 e. The zero-order chi connectivity index (χ0) is 14.6. The highest BCUT2D eigenvalue weighted by atomic mass is 35.5. The second-order valence-electron chi connectivity index (χ2n) is 5.32. The highest BCUT2D eigenvalue weighted by Crippen LogP contribution is 2.21. The Labute approximate surface area is 126 Å². The predicted octanol–water partition coefficient (Wildman–Crippen LogP) is 2.53. The molecular formula is C14H21ClN2O2S. The number of hydrogen-bond acceptors (Lipinski definition) is 2. The second kappa shape index (κ2) is 6.89. The molecule has 0 aliphatic carbocycles. The van der Waals surface area contributed by atoms with Crippen LogP contribution in [0, 0.1) is 5.92 Å². The number of nitrogens with one attached hydrogen (secondary N) is 1. The van der Waals surface area contributed by atoms with Gasteiger partial charge in [0.1, 0.15) is 0 Å². The molecule has 1 unspecified atom stereocenters. The van der Waals surface area contributed by atoms with Gasteiger partial charge in [0, 0.05) is 19.0 Å². The normalized spacial score (nSPS) is 19.9. The number of rotatable bonds is 5. The monoisotopic (exact) mass is 316 g/mol. The van der Waals surface area contributed by atoms with Crippen molar-refractivity contribution in [3.63, 3.8) is 0 Å². The summed E-state index contributed by atoms with van der Waals surface area (Å²) in [4.78, 5) is 0. The van der Waals surface area contributed by atoms with Crippen LogP contribution < -0.4 is 4.72 Å². The molecule has 112 valence electrons. The van der Waals surface area contributed by atoms with E-state index in [1.807, 2.05) is 30.3 Å². The molecule has 1 saturated heterocycles. The van der Waals surface area contributed by atoms with Crippen LogP contribution in [0.25, 0.3) is 0 Å². The third-order valence-electron chi connectivity index (χ3n) is 3.73. The summed E-state index contributed by atoms with van der Waals surface area (Å²) in [5.74, 6) is 0.812. The van der Waals surface area contributed by atoms with Crippen LogP contribution in [0.2, 0.25) is 0 Å². The van der Waals surface area contributed by atoms with E-state index >= 15 is 0 Å². The Kier molecular flexibility index (Phi) is 5.43. The van der Waals surface area contributed by atoms with Crippen molar-refractivity contribution in [3.05, 3.63) is 35.9 Å². The van der Waals surface area contributed by atoms with Crippen LogP contribution in [0.1, 0.15) is 31.4 Å². The summed E-state index contributed by atoms with van der Waals surface area (Å²) < 4.78 is 29.0. The molecule has 1 aliphatic rings. The van der Waals surface area contributed by atoms with Gasteiger partial charge in [0.25, 0.3) is 10.2 Å². The lowest BCUT2D eigenvalue weighted by Gasteiger charge is -2.30. The molecule has 0 radical (unpaired) electrons. The lowest BCUT2D eigenvalue weighted by atomic mass is 10.0. The lowest BCUT2D eigenvalue weighted by Crippen LogP contribution is -2.46. The quantitative estimate of drug-likeness (QED) is 0.849. The van der Waals surface area contributed by atoms with Crippen LogP contribution in [0.15, 0.2) is 30.3 Å². The molecule has 1 fully saturated rings. The van der Waals surface area contributed by atoms with Crippen LogP contribution in [-0.2, 0) is 10.2 Å². The molecular weight excluding hydrogens is 296 g/mol. The summed E-state index contributed by atoms with van der Waals surface area (Å²) in [7, 11) is -3.47. The first-order valence-electron chi connectivity index (χ1n) is 6.91. The van der Waals surface area contributed by atoms with Gasteiger partial charge in [-0.1, -0.05) is 37.3 Å². The van der Waals surface area contributed by atoms with Crippen molar-refractivity contribution in [2.45, 2.75) is 25.8 Å². The van der Waals surface area contributed by atoms with Crippen molar-refractivity contribution >= 4 is 21.8 Å². The van der Waals surface area contributed by atoms with Gasteiger partial charge in [0.05, 0.1) is 6.04 Å². The number of hydrogen-bond donors (Lipinski definition) is 1. The Hall–Kier alpha value is -0.620. The molecule has 0 amide bonds. The van der Waals surface area contributed by atoms with E-state index in [9.17, 15) is 8.42 Å². The van der Waals surface area contributed by atoms with E-state index in [4.69, 9.17) is 11.6 Å². The average molecular weight is 317 g/mol. The zero-order valence-corrected chi connectivity index (χ0v) is 13.2. The maximum Gasteiger partial charge on any atom is 0.280 e. The van der Waals surface area contributed by atoms with Gasteiger partial charge in [-0.2, -0.15) is 17.4 Å². The molecule has 0 bridgehead atoms. The van der Waals surface area contributed by atoms with Crippen molar-refractivity contribution in [2.24, 2.45) is 5.92 Å². The Morgan fingerprint density at radius 2 is 1.90 bits per heavy atom. The van der Waals surface area contributed by atoms with Crippen LogP contribution in [0.3, 0.4) is 0 Å². The molecule has 0 spiro atoms. The van der Waals surface area contributed by atoms with Gasteiger partial charge in [0.15, 0.2) is 0 Å². The standard InChI is InChI=1S/C14H21ClN2O2S/c1-12-7-9-17(10-8-12)20(18,19)16-14(11-15)13-5-3-2-4-6-13/h2-6,12,14,16H,7-11H2,1H3. The molecule has 0 saturated carbocycles. The molecule has 1 aromatic rings. The number of alkyl halides is 1. The van der Waals surface area contributed by atoms with Crippen LogP contribution in [-0.4, -0.2) is 31.7 Å². The minimum Gasteiger partial charge on any atom is -0.195 e. The number of piperidine rings is 1. The molecule has 1 heterocycles. The summed E-state index contributed by atoms with van der Waals surface area (Å²) >= 11 is 5.92. The number of halogens is 1. The molecule has 4 nitrogen and oxygen atoms in total. The van der Waals surface area contributed by atoms with Gasteiger partial charge in [0.2, 0.25) is 0 Å². The van der Waals surface area contributed by atoms with Crippen molar-refractivity contribution in [1.82, 2.24) is 9.03 Å². The molecule has 20 heavy (non-hydrogen) atoms. The fraction of sp³-hybridized carbons (Fsp3) is 0.571. The fourth-order valence-electron chi connectivity index (χ4n) is 2.35. The zero-order valence-electron chi connectivity index (χ0n) is 11.6. The van der Waals surface area contributed by atoms with E-state index < -0.39 is 10.2 Å². The lowest BCUT2D eigenvalue weighted by molar-refractivity contribution is 0.284. The summed E-state index contributed by atoms with van der Waals surface area (Å²) in [6.45, 7) is 3.32. The predicted molar refractivity (Wildman–Crippen MR) is 81.9 cm³/mol. The van der Waals surface area contributed by atoms with E-state index in [-0.39, 0.29) is 11.9 Å². The Bertz CT molecular complexity index is 513. The van der Waals surface area contributed by atoms with Gasteiger partial charge in [-0.3, -0.25) is 0 Å². The number of nitrogens with zero attached hydrogens (tertiary/aromatic N) is 1. The van der Waals surface area contributed by atoms with E-state index in [1.165, 1.54) is 4.31 Å². The maximum absolute atomic E-state index is 12.4. The van der Waals surface area contributed by atoms with E-state index in [1.54, 1.807) is 0 Å². The highest BCUT2D eigenvalue weighted by molar-refractivity contribution is 7.87. The summed E-state index contributed by atoms with van der Waals surface area (Å²) in [6, 6.07) is 9.04.